The molecule has 1 unspecified atom stereocenters. The minimum atomic E-state index is -0.332. The third kappa shape index (κ3) is 3.19. The van der Waals surface area contributed by atoms with Gasteiger partial charge in [-0.1, -0.05) is 23.4 Å². The fourth-order valence-electron chi connectivity index (χ4n) is 1.86. The first-order valence-electron chi connectivity index (χ1n) is 6.25. The molecule has 0 aliphatic rings. The average molecular weight is 261 g/mol. The van der Waals surface area contributed by atoms with E-state index in [0.29, 0.717) is 24.7 Å². The van der Waals surface area contributed by atoms with E-state index in [1.54, 1.807) is 7.11 Å². The van der Waals surface area contributed by atoms with Crippen molar-refractivity contribution in [2.24, 2.45) is 5.73 Å². The average Bonchev–Trinajstić information content (AvgIpc) is 2.84. The number of aromatic nitrogens is 2. The Balaban J connectivity index is 2.13. The Labute approximate surface area is 112 Å². The Morgan fingerprint density at radius 1 is 1.32 bits per heavy atom. The van der Waals surface area contributed by atoms with Crippen molar-refractivity contribution in [2.45, 2.75) is 26.4 Å². The van der Waals surface area contributed by atoms with Gasteiger partial charge in [-0.05, 0) is 30.5 Å². The number of nitrogens with zero attached hydrogens (tertiary/aromatic N) is 2. The maximum atomic E-state index is 5.56. The lowest BCUT2D eigenvalue weighted by Crippen LogP contribution is -2.14. The van der Waals surface area contributed by atoms with Gasteiger partial charge in [-0.15, -0.1) is 0 Å². The van der Waals surface area contributed by atoms with Crippen LogP contribution in [0.25, 0.3) is 0 Å². The van der Waals surface area contributed by atoms with Crippen LogP contribution in [0.15, 0.2) is 22.7 Å². The van der Waals surface area contributed by atoms with Gasteiger partial charge >= 0.3 is 0 Å². The summed E-state index contributed by atoms with van der Waals surface area (Å²) in [4.78, 5) is 4.32. The van der Waals surface area contributed by atoms with Crippen molar-refractivity contribution in [3.05, 3.63) is 46.6 Å². The smallest absolute Gasteiger partial charge is 0.257 e. The quantitative estimate of drug-likeness (QED) is 0.890. The second-order valence-electron chi connectivity index (χ2n) is 4.60. The van der Waals surface area contributed by atoms with E-state index in [1.165, 1.54) is 11.1 Å². The summed E-state index contributed by atoms with van der Waals surface area (Å²) < 4.78 is 10.3. The summed E-state index contributed by atoms with van der Waals surface area (Å²) in [7, 11) is 1.57. The zero-order chi connectivity index (χ0) is 13.8. The molecule has 5 heteroatoms. The molecule has 0 bridgehead atoms. The Bertz CT molecular complexity index is 547. The Morgan fingerprint density at radius 2 is 2.11 bits per heavy atom. The van der Waals surface area contributed by atoms with Crippen LogP contribution in [0.5, 0.6) is 0 Å². The molecule has 19 heavy (non-hydrogen) atoms. The third-order valence-corrected chi connectivity index (χ3v) is 3.19. The molecule has 0 aliphatic carbocycles. The number of ether oxygens (including phenoxy) is 1. The van der Waals surface area contributed by atoms with Gasteiger partial charge in [0.15, 0.2) is 5.82 Å². The van der Waals surface area contributed by atoms with Crippen molar-refractivity contribution < 1.29 is 9.26 Å². The highest BCUT2D eigenvalue weighted by molar-refractivity contribution is 5.31. The van der Waals surface area contributed by atoms with E-state index in [2.05, 4.69) is 42.2 Å². The molecule has 1 heterocycles. The highest BCUT2D eigenvalue weighted by Crippen LogP contribution is 2.16. The molecule has 1 atom stereocenters. The highest BCUT2D eigenvalue weighted by atomic mass is 16.5. The molecular weight excluding hydrogens is 242 g/mol. The largest absolute Gasteiger partial charge is 0.370 e. The van der Waals surface area contributed by atoms with E-state index in [9.17, 15) is 0 Å². The van der Waals surface area contributed by atoms with Crippen LogP contribution in [-0.4, -0.2) is 23.8 Å². The first-order chi connectivity index (χ1) is 9.13. The molecule has 0 saturated carbocycles. The molecule has 0 radical (unpaired) electrons. The number of hydrogen-bond donors (Lipinski definition) is 1. The molecule has 0 spiro atoms. The summed E-state index contributed by atoms with van der Waals surface area (Å²) in [5.41, 5.74) is 9.26. The minimum absolute atomic E-state index is 0.321. The van der Waals surface area contributed by atoms with Crippen molar-refractivity contribution in [3.63, 3.8) is 0 Å². The van der Waals surface area contributed by atoms with Gasteiger partial charge in [-0.3, -0.25) is 0 Å². The molecule has 0 saturated heterocycles. The summed E-state index contributed by atoms with van der Waals surface area (Å²) in [6.07, 6.45) is 0.312. The fraction of sp³-hybridized carbons (Fsp3) is 0.429. The van der Waals surface area contributed by atoms with Gasteiger partial charge in [0.1, 0.15) is 6.10 Å². The molecule has 2 rings (SSSR count). The van der Waals surface area contributed by atoms with Crippen molar-refractivity contribution in [3.8, 4) is 0 Å². The maximum Gasteiger partial charge on any atom is 0.257 e. The second-order valence-corrected chi connectivity index (χ2v) is 4.60. The minimum Gasteiger partial charge on any atom is -0.370 e. The predicted molar refractivity (Wildman–Crippen MR) is 71.8 cm³/mol. The van der Waals surface area contributed by atoms with Crippen LogP contribution in [0.1, 0.15) is 34.5 Å². The topological polar surface area (TPSA) is 74.2 Å². The van der Waals surface area contributed by atoms with Crippen LogP contribution >= 0.6 is 0 Å². The van der Waals surface area contributed by atoms with Gasteiger partial charge in [0.05, 0.1) is 0 Å². The SMILES string of the molecule is COC(CN)c1nc(Cc2ccc(C)c(C)c2)no1. The number of rotatable bonds is 5. The van der Waals surface area contributed by atoms with Crippen LogP contribution in [0.3, 0.4) is 0 Å². The number of methoxy groups -OCH3 is 1. The third-order valence-electron chi connectivity index (χ3n) is 3.19. The monoisotopic (exact) mass is 261 g/mol. The molecule has 0 aliphatic heterocycles. The van der Waals surface area contributed by atoms with Crippen LogP contribution < -0.4 is 5.73 Å². The normalized spacial score (nSPS) is 12.6. The molecule has 2 N–H and O–H groups in total. The molecule has 5 nitrogen and oxygen atoms in total. The van der Waals surface area contributed by atoms with E-state index in [-0.39, 0.29) is 6.10 Å². The molecule has 102 valence electrons. The summed E-state index contributed by atoms with van der Waals surface area (Å²) in [5.74, 6) is 1.08. The zero-order valence-corrected chi connectivity index (χ0v) is 11.5. The molecule has 1 aromatic heterocycles. The van der Waals surface area contributed by atoms with Crippen molar-refractivity contribution in [1.29, 1.82) is 0 Å². The molecule has 0 fully saturated rings. The maximum absolute atomic E-state index is 5.56. The van der Waals surface area contributed by atoms with Gasteiger partial charge in [0, 0.05) is 20.1 Å². The number of hydrogen-bond acceptors (Lipinski definition) is 5. The molecular formula is C14H19N3O2. The van der Waals surface area contributed by atoms with E-state index >= 15 is 0 Å². The Kier molecular flexibility index (Phi) is 4.29. The van der Waals surface area contributed by atoms with E-state index < -0.39 is 0 Å². The van der Waals surface area contributed by atoms with Gasteiger partial charge < -0.3 is 15.0 Å². The lowest BCUT2D eigenvalue weighted by Gasteiger charge is -2.05. The second kappa shape index (κ2) is 5.95. The fourth-order valence-corrected chi connectivity index (χ4v) is 1.86. The van der Waals surface area contributed by atoms with Crippen molar-refractivity contribution in [2.75, 3.05) is 13.7 Å². The lowest BCUT2D eigenvalue weighted by molar-refractivity contribution is 0.0804. The Hall–Kier alpha value is -1.72. The predicted octanol–water partition coefficient (Wildman–Crippen LogP) is 1.92. The summed E-state index contributed by atoms with van der Waals surface area (Å²) >= 11 is 0. The first kappa shape index (κ1) is 13.7. The van der Waals surface area contributed by atoms with Crippen LogP contribution in [0.4, 0.5) is 0 Å². The van der Waals surface area contributed by atoms with E-state index in [0.717, 1.165) is 5.56 Å². The van der Waals surface area contributed by atoms with Crippen molar-refractivity contribution >= 4 is 0 Å². The van der Waals surface area contributed by atoms with Gasteiger partial charge in [0.25, 0.3) is 5.89 Å². The van der Waals surface area contributed by atoms with Crippen LogP contribution in [0, 0.1) is 13.8 Å². The molecule has 1 aromatic carbocycles. The van der Waals surface area contributed by atoms with Gasteiger partial charge in [-0.25, -0.2) is 0 Å². The van der Waals surface area contributed by atoms with Gasteiger partial charge in [0.2, 0.25) is 0 Å². The standard InChI is InChI=1S/C14H19N3O2/c1-9-4-5-11(6-10(9)2)7-13-16-14(19-17-13)12(8-15)18-3/h4-6,12H,7-8,15H2,1-3H3. The Morgan fingerprint density at radius 3 is 2.74 bits per heavy atom. The number of aryl methyl sites for hydroxylation is 2. The summed E-state index contributed by atoms with van der Waals surface area (Å²) in [5, 5.41) is 3.96. The first-order valence-corrected chi connectivity index (χ1v) is 6.25. The summed E-state index contributed by atoms with van der Waals surface area (Å²) in [6.45, 7) is 4.51. The van der Waals surface area contributed by atoms with E-state index in [1.807, 2.05) is 0 Å². The lowest BCUT2D eigenvalue weighted by atomic mass is 10.0. The highest BCUT2D eigenvalue weighted by Gasteiger charge is 2.16. The molecule has 2 aromatic rings. The van der Waals surface area contributed by atoms with Crippen LogP contribution in [-0.2, 0) is 11.2 Å². The van der Waals surface area contributed by atoms with Crippen LogP contribution in [0.2, 0.25) is 0 Å². The number of benzene rings is 1. The zero-order valence-electron chi connectivity index (χ0n) is 11.5. The van der Waals surface area contributed by atoms with Crippen molar-refractivity contribution in [1.82, 2.24) is 10.1 Å². The molecule has 0 amide bonds. The van der Waals surface area contributed by atoms with E-state index in [4.69, 9.17) is 15.0 Å². The number of nitrogens with two attached hydrogens (primary N) is 1. The summed E-state index contributed by atoms with van der Waals surface area (Å²) in [6, 6.07) is 6.32. The van der Waals surface area contributed by atoms with Gasteiger partial charge in [-0.2, -0.15) is 4.98 Å².